The van der Waals surface area contributed by atoms with E-state index in [2.05, 4.69) is 28.6 Å². The summed E-state index contributed by atoms with van der Waals surface area (Å²) in [5, 5.41) is 7.61. The highest BCUT2D eigenvalue weighted by molar-refractivity contribution is 7.81. The largest absolute Gasteiger partial charge is 0.354 e. The van der Waals surface area contributed by atoms with E-state index in [1.807, 2.05) is 91.0 Å². The highest BCUT2D eigenvalue weighted by Crippen LogP contribution is 2.10. The third-order valence-electron chi connectivity index (χ3n) is 6.23. The number of aryl methyl sites for hydroxylation is 3. The molecule has 0 aliphatic heterocycles. The standard InChI is InChI=1S/C31H37N3O3S/c35-29(27(38)21-20-26-16-8-3-9-17-26)34-28(30(36)32-22-10-18-24-12-4-1-5-13-24)31(37)33-23-11-19-25-14-6-2-7-15-25/h1-9,12-17,27-28,38H,10-11,18-23H2,(H,32,36)(H,33,37)(H,34,35)/t27-/m0/s1. The first-order valence-corrected chi connectivity index (χ1v) is 13.7. The topological polar surface area (TPSA) is 87.3 Å². The number of rotatable bonds is 15. The van der Waals surface area contributed by atoms with Crippen LogP contribution in [0.2, 0.25) is 0 Å². The Morgan fingerprint density at radius 3 is 1.39 bits per heavy atom. The van der Waals surface area contributed by atoms with Crippen molar-refractivity contribution in [3.63, 3.8) is 0 Å². The molecular formula is C31H37N3O3S. The van der Waals surface area contributed by atoms with Crippen molar-refractivity contribution in [1.29, 1.82) is 0 Å². The number of amides is 3. The normalized spacial score (nSPS) is 11.5. The van der Waals surface area contributed by atoms with Crippen molar-refractivity contribution in [3.05, 3.63) is 108 Å². The van der Waals surface area contributed by atoms with E-state index < -0.39 is 29.0 Å². The van der Waals surface area contributed by atoms with Gasteiger partial charge in [-0.15, -0.1) is 0 Å². The zero-order valence-corrected chi connectivity index (χ0v) is 22.5. The summed E-state index contributed by atoms with van der Waals surface area (Å²) in [5.41, 5.74) is 3.46. The molecule has 0 saturated heterocycles. The lowest BCUT2D eigenvalue weighted by Crippen LogP contribution is -2.56. The van der Waals surface area contributed by atoms with Crippen molar-refractivity contribution in [2.75, 3.05) is 13.1 Å². The zero-order chi connectivity index (χ0) is 27.0. The lowest BCUT2D eigenvalue weighted by atomic mass is 10.1. The molecule has 3 N–H and O–H groups in total. The molecule has 200 valence electrons. The van der Waals surface area contributed by atoms with Gasteiger partial charge in [0.05, 0.1) is 5.25 Å². The van der Waals surface area contributed by atoms with E-state index in [9.17, 15) is 14.4 Å². The van der Waals surface area contributed by atoms with Gasteiger partial charge >= 0.3 is 0 Å². The summed E-state index contributed by atoms with van der Waals surface area (Å²) in [6.07, 6.45) is 4.22. The van der Waals surface area contributed by atoms with Crippen molar-refractivity contribution in [2.24, 2.45) is 0 Å². The molecule has 0 heterocycles. The molecule has 3 aromatic carbocycles. The SMILES string of the molecule is O=C(NCCCc1ccccc1)C(NC(=O)[C@@H](S)CCc1ccccc1)C(=O)NCCCc1ccccc1. The molecule has 0 aliphatic carbocycles. The van der Waals surface area contributed by atoms with Crippen LogP contribution in [-0.4, -0.2) is 42.1 Å². The van der Waals surface area contributed by atoms with Crippen LogP contribution in [0.25, 0.3) is 0 Å². The van der Waals surface area contributed by atoms with Crippen LogP contribution < -0.4 is 16.0 Å². The molecule has 0 fully saturated rings. The van der Waals surface area contributed by atoms with E-state index >= 15 is 0 Å². The maximum absolute atomic E-state index is 13.0. The summed E-state index contributed by atoms with van der Waals surface area (Å²) in [5.74, 6) is -1.47. The Morgan fingerprint density at radius 1 is 0.579 bits per heavy atom. The number of thiol groups is 1. The van der Waals surface area contributed by atoms with Crippen LogP contribution in [0.1, 0.15) is 36.0 Å². The van der Waals surface area contributed by atoms with Gasteiger partial charge in [0.1, 0.15) is 0 Å². The number of benzene rings is 3. The molecule has 0 radical (unpaired) electrons. The highest BCUT2D eigenvalue weighted by Gasteiger charge is 2.29. The fraction of sp³-hybridized carbons (Fsp3) is 0.323. The summed E-state index contributed by atoms with van der Waals surface area (Å²) >= 11 is 4.44. The molecule has 1 atom stereocenters. The van der Waals surface area contributed by atoms with Crippen LogP contribution in [0.5, 0.6) is 0 Å². The van der Waals surface area contributed by atoms with E-state index in [0.717, 1.165) is 31.2 Å². The van der Waals surface area contributed by atoms with Gasteiger partial charge in [-0.3, -0.25) is 14.4 Å². The molecular weight excluding hydrogens is 494 g/mol. The van der Waals surface area contributed by atoms with Crippen LogP contribution in [0, 0.1) is 0 Å². The van der Waals surface area contributed by atoms with Gasteiger partial charge in [0, 0.05) is 13.1 Å². The lowest BCUT2D eigenvalue weighted by molar-refractivity contribution is -0.136. The van der Waals surface area contributed by atoms with E-state index in [-0.39, 0.29) is 0 Å². The molecule has 0 bridgehead atoms. The maximum atomic E-state index is 13.0. The van der Waals surface area contributed by atoms with E-state index in [0.29, 0.717) is 25.9 Å². The van der Waals surface area contributed by atoms with Gasteiger partial charge in [0.25, 0.3) is 11.8 Å². The number of hydrogen-bond acceptors (Lipinski definition) is 4. The molecule has 3 rings (SSSR count). The van der Waals surface area contributed by atoms with Gasteiger partial charge in [0.15, 0.2) is 6.04 Å². The van der Waals surface area contributed by atoms with Crippen LogP contribution in [-0.2, 0) is 33.6 Å². The summed E-state index contributed by atoms with van der Waals surface area (Å²) in [6, 6.07) is 28.5. The van der Waals surface area contributed by atoms with Crippen LogP contribution >= 0.6 is 12.6 Å². The highest BCUT2D eigenvalue weighted by atomic mass is 32.1. The van der Waals surface area contributed by atoms with Crippen molar-refractivity contribution in [2.45, 2.75) is 49.8 Å². The molecule has 0 aromatic heterocycles. The van der Waals surface area contributed by atoms with Crippen LogP contribution in [0.15, 0.2) is 91.0 Å². The van der Waals surface area contributed by atoms with Crippen LogP contribution in [0.3, 0.4) is 0 Å². The summed E-state index contributed by atoms with van der Waals surface area (Å²) in [4.78, 5) is 38.8. The van der Waals surface area contributed by atoms with E-state index in [1.54, 1.807) is 0 Å². The van der Waals surface area contributed by atoms with Gasteiger partial charge in [-0.05, 0) is 55.2 Å². The quantitative estimate of drug-likeness (QED) is 0.136. The first-order chi connectivity index (χ1) is 18.5. The number of carbonyl (C=O) groups excluding carboxylic acids is 3. The smallest absolute Gasteiger partial charge is 0.252 e. The Morgan fingerprint density at radius 2 is 0.974 bits per heavy atom. The first kappa shape index (κ1) is 29.0. The second-order valence-corrected chi connectivity index (χ2v) is 9.87. The molecule has 6 nitrogen and oxygen atoms in total. The minimum Gasteiger partial charge on any atom is -0.354 e. The second kappa shape index (κ2) is 16.3. The van der Waals surface area contributed by atoms with Gasteiger partial charge in [-0.25, -0.2) is 0 Å². The van der Waals surface area contributed by atoms with Crippen LogP contribution in [0.4, 0.5) is 0 Å². The number of nitrogens with one attached hydrogen (secondary N) is 3. The van der Waals surface area contributed by atoms with Gasteiger partial charge < -0.3 is 16.0 Å². The van der Waals surface area contributed by atoms with E-state index in [1.165, 1.54) is 11.1 Å². The molecule has 0 aliphatic rings. The summed E-state index contributed by atoms with van der Waals surface area (Å²) in [7, 11) is 0. The number of carbonyl (C=O) groups is 3. The molecule has 0 saturated carbocycles. The van der Waals surface area contributed by atoms with Gasteiger partial charge in [-0.2, -0.15) is 12.6 Å². The minimum atomic E-state index is -1.32. The van der Waals surface area contributed by atoms with E-state index in [4.69, 9.17) is 0 Å². The van der Waals surface area contributed by atoms with Crippen molar-refractivity contribution >= 4 is 30.4 Å². The molecule has 3 amide bonds. The number of hydrogen-bond donors (Lipinski definition) is 4. The Hall–Kier alpha value is -3.58. The Balaban J connectivity index is 1.52. The Kier molecular flexibility index (Phi) is 12.4. The zero-order valence-electron chi connectivity index (χ0n) is 21.6. The lowest BCUT2D eigenvalue weighted by Gasteiger charge is -2.20. The minimum absolute atomic E-state index is 0.402. The Labute approximate surface area is 231 Å². The summed E-state index contributed by atoms with van der Waals surface area (Å²) < 4.78 is 0. The maximum Gasteiger partial charge on any atom is 0.252 e. The average molecular weight is 532 g/mol. The average Bonchev–Trinajstić information content (AvgIpc) is 2.96. The third-order valence-corrected chi connectivity index (χ3v) is 6.72. The first-order valence-electron chi connectivity index (χ1n) is 13.2. The molecule has 3 aromatic rings. The molecule has 38 heavy (non-hydrogen) atoms. The fourth-order valence-corrected chi connectivity index (χ4v) is 4.27. The third kappa shape index (κ3) is 10.4. The summed E-state index contributed by atoms with van der Waals surface area (Å²) in [6.45, 7) is 0.805. The molecule has 0 unspecified atom stereocenters. The predicted octanol–water partition coefficient (Wildman–Crippen LogP) is 3.90. The van der Waals surface area contributed by atoms with Crippen molar-refractivity contribution < 1.29 is 14.4 Å². The van der Waals surface area contributed by atoms with Gasteiger partial charge in [0.2, 0.25) is 5.91 Å². The molecule has 7 heteroatoms. The second-order valence-electron chi connectivity index (χ2n) is 9.24. The van der Waals surface area contributed by atoms with Crippen molar-refractivity contribution in [3.8, 4) is 0 Å². The van der Waals surface area contributed by atoms with Gasteiger partial charge in [-0.1, -0.05) is 91.0 Å². The Bertz CT molecular complexity index is 1070. The monoisotopic (exact) mass is 531 g/mol. The predicted molar refractivity (Wildman–Crippen MR) is 155 cm³/mol. The van der Waals surface area contributed by atoms with Crippen molar-refractivity contribution in [1.82, 2.24) is 16.0 Å². The fourth-order valence-electron chi connectivity index (χ4n) is 4.07. The molecule has 0 spiro atoms.